The molecule has 0 fully saturated rings. The Morgan fingerprint density at radius 2 is 1.80 bits per heavy atom. The highest BCUT2D eigenvalue weighted by Gasteiger charge is 2.45. The number of benzene rings is 1. The van der Waals surface area contributed by atoms with Crippen molar-refractivity contribution < 1.29 is 17.8 Å². The van der Waals surface area contributed by atoms with Crippen molar-refractivity contribution in [2.45, 2.75) is 12.7 Å². The van der Waals surface area contributed by atoms with Gasteiger partial charge in [0.25, 0.3) is 5.79 Å². The number of nitrogens with zero attached hydrogens (tertiary/aromatic N) is 2. The summed E-state index contributed by atoms with van der Waals surface area (Å²) in [4.78, 5) is 0. The number of hydrogen-bond acceptors (Lipinski definition) is 2. The van der Waals surface area contributed by atoms with Crippen LogP contribution in [0.4, 0.5) is 17.8 Å². The topological polar surface area (TPSA) is 15.6 Å². The highest BCUT2D eigenvalue weighted by atomic mass is 19.4. The average molecular weight is 220 g/mol. The Kier molecular flexibility index (Phi) is 3.41. The van der Waals surface area contributed by atoms with Crippen LogP contribution in [0.1, 0.15) is 12.5 Å². The van der Waals surface area contributed by atoms with Gasteiger partial charge in [0.05, 0.1) is 5.34 Å². The second-order valence-corrected chi connectivity index (χ2v) is 2.89. The van der Waals surface area contributed by atoms with E-state index in [4.69, 9.17) is 0 Å². The van der Waals surface area contributed by atoms with Crippen molar-refractivity contribution in [3.63, 3.8) is 0 Å². The quantitative estimate of drug-likeness (QED) is 0.330. The molecule has 0 aliphatic rings. The van der Waals surface area contributed by atoms with Gasteiger partial charge in [0, 0.05) is 5.56 Å². The van der Waals surface area contributed by atoms with E-state index in [1.807, 2.05) is 5.21 Å². The molecule has 0 N–H and O–H groups in total. The fourth-order valence-electron chi connectivity index (χ4n) is 1.14. The lowest BCUT2D eigenvalue weighted by atomic mass is 10.0. The van der Waals surface area contributed by atoms with Crippen molar-refractivity contribution in [2.24, 2.45) is 5.21 Å². The average Bonchev–Trinajstić information content (AvgIpc) is 2.27. The normalized spacial score (nSPS) is 16.5. The summed E-state index contributed by atoms with van der Waals surface area (Å²) in [6.45, 7) is 0.846. The lowest BCUT2D eigenvalue weighted by Crippen LogP contribution is -2.38. The zero-order valence-corrected chi connectivity index (χ0v) is 7.79. The van der Waals surface area contributed by atoms with Crippen molar-refractivity contribution >= 4 is 5.71 Å². The Hall–Kier alpha value is -1.43. The van der Waals surface area contributed by atoms with Gasteiger partial charge in [-0.3, -0.25) is 0 Å². The predicted molar refractivity (Wildman–Crippen MR) is 47.5 cm³/mol. The van der Waals surface area contributed by atoms with E-state index in [-0.39, 0.29) is 5.56 Å². The highest BCUT2D eigenvalue weighted by Crippen LogP contribution is 2.33. The first-order valence-electron chi connectivity index (χ1n) is 4.05. The van der Waals surface area contributed by atoms with Crippen LogP contribution in [0.3, 0.4) is 0 Å². The first-order valence-corrected chi connectivity index (χ1v) is 4.05. The van der Waals surface area contributed by atoms with Crippen molar-refractivity contribution in [1.82, 2.24) is 5.34 Å². The first-order chi connectivity index (χ1) is 7.03. The summed E-state index contributed by atoms with van der Waals surface area (Å²) in [5.74, 6) is -3.32. The Morgan fingerprint density at radius 3 is 2.20 bits per heavy atom. The monoisotopic (exact) mass is 220 g/mol. The fraction of sp³-hybridized carbons (Fsp3) is 0.222. The molecule has 0 aromatic heterocycles. The van der Waals surface area contributed by atoms with E-state index in [1.165, 1.54) is 18.2 Å². The van der Waals surface area contributed by atoms with Gasteiger partial charge in [0.15, 0.2) is 0 Å². The molecule has 1 atom stereocenters. The molecule has 1 aromatic carbocycles. The molecule has 1 aromatic rings. The van der Waals surface area contributed by atoms with Gasteiger partial charge in [-0.25, -0.2) is 4.39 Å². The van der Waals surface area contributed by atoms with E-state index in [0.29, 0.717) is 0 Å². The molecule has 0 aliphatic carbocycles. The molecule has 0 saturated heterocycles. The third-order valence-electron chi connectivity index (χ3n) is 2.00. The van der Waals surface area contributed by atoms with Gasteiger partial charge in [-0.15, -0.1) is 0 Å². The van der Waals surface area contributed by atoms with Crippen LogP contribution in [0.15, 0.2) is 35.5 Å². The minimum atomic E-state index is -3.32. The minimum Gasteiger partial charge on any atom is -0.208 e. The fourth-order valence-corrected chi connectivity index (χ4v) is 1.14. The second-order valence-electron chi connectivity index (χ2n) is 2.89. The first kappa shape index (κ1) is 11.6. The van der Waals surface area contributed by atoms with Gasteiger partial charge >= 0.3 is 0 Å². The lowest BCUT2D eigenvalue weighted by Gasteiger charge is -2.23. The third-order valence-corrected chi connectivity index (χ3v) is 2.00. The minimum absolute atomic E-state index is 0.381. The van der Waals surface area contributed by atoms with Crippen molar-refractivity contribution in [3.8, 4) is 0 Å². The maximum absolute atomic E-state index is 13.8. The molecule has 0 aliphatic heterocycles. The SMILES string of the molecule is CC(=NF)C(F)(c1ccccc1)N(F)F. The third kappa shape index (κ3) is 1.99. The number of halogens is 4. The summed E-state index contributed by atoms with van der Waals surface area (Å²) in [6, 6.07) is 6.53. The van der Waals surface area contributed by atoms with Crippen LogP contribution in [0.25, 0.3) is 0 Å². The van der Waals surface area contributed by atoms with E-state index in [0.717, 1.165) is 19.1 Å². The summed E-state index contributed by atoms with van der Waals surface area (Å²) in [6.07, 6.45) is 0. The van der Waals surface area contributed by atoms with E-state index >= 15 is 0 Å². The number of hydrogen-bond donors (Lipinski definition) is 0. The van der Waals surface area contributed by atoms with Crippen molar-refractivity contribution in [3.05, 3.63) is 35.9 Å². The van der Waals surface area contributed by atoms with Gasteiger partial charge in [-0.05, 0) is 6.92 Å². The standard InChI is InChI=1S/C9H8F4N2/c1-7(14-11)9(10,15(12)13)8-5-3-2-4-6-8/h2-6H,1H3. The molecule has 0 heterocycles. The molecule has 0 saturated carbocycles. The maximum atomic E-state index is 13.8. The molecule has 0 radical (unpaired) electrons. The summed E-state index contributed by atoms with van der Waals surface area (Å²) >= 11 is 0. The summed E-state index contributed by atoms with van der Waals surface area (Å²) in [7, 11) is 0. The summed E-state index contributed by atoms with van der Waals surface area (Å²) < 4.78 is 50.6. The molecular weight excluding hydrogens is 212 g/mol. The van der Waals surface area contributed by atoms with E-state index in [1.54, 1.807) is 0 Å². The smallest absolute Gasteiger partial charge is 0.208 e. The Morgan fingerprint density at radius 1 is 1.27 bits per heavy atom. The molecule has 6 heteroatoms. The zero-order valence-electron chi connectivity index (χ0n) is 7.79. The van der Waals surface area contributed by atoms with Crippen LogP contribution < -0.4 is 0 Å². The highest BCUT2D eigenvalue weighted by molar-refractivity contribution is 5.90. The Balaban J connectivity index is 3.25. The molecule has 1 unspecified atom stereocenters. The molecule has 1 rings (SSSR count). The molecular formula is C9H8F4N2. The summed E-state index contributed by atoms with van der Waals surface area (Å²) in [5, 5.41) is 0.271. The Labute approximate surface area is 83.6 Å². The molecule has 0 spiro atoms. The van der Waals surface area contributed by atoms with Crippen molar-refractivity contribution in [2.75, 3.05) is 0 Å². The van der Waals surface area contributed by atoms with Gasteiger partial charge in [-0.1, -0.05) is 49.0 Å². The van der Waals surface area contributed by atoms with Crippen LogP contribution in [-0.2, 0) is 5.79 Å². The van der Waals surface area contributed by atoms with Crippen LogP contribution in [0.5, 0.6) is 0 Å². The number of alkyl halides is 1. The van der Waals surface area contributed by atoms with Crippen LogP contribution in [0.2, 0.25) is 0 Å². The van der Waals surface area contributed by atoms with Crippen molar-refractivity contribution in [1.29, 1.82) is 0 Å². The molecule has 2 nitrogen and oxygen atoms in total. The van der Waals surface area contributed by atoms with Crippen LogP contribution in [0, 0.1) is 0 Å². The van der Waals surface area contributed by atoms with Gasteiger partial charge in [0.1, 0.15) is 5.71 Å². The van der Waals surface area contributed by atoms with Crippen LogP contribution in [-0.4, -0.2) is 11.1 Å². The van der Waals surface area contributed by atoms with Gasteiger partial charge in [0.2, 0.25) is 0 Å². The Bertz CT molecular complexity index is 352. The molecule has 15 heavy (non-hydrogen) atoms. The van der Waals surface area contributed by atoms with Gasteiger partial charge in [-0.2, -0.15) is 0 Å². The maximum Gasteiger partial charge on any atom is 0.287 e. The lowest BCUT2D eigenvalue weighted by molar-refractivity contribution is -0.256. The van der Waals surface area contributed by atoms with E-state index < -0.39 is 16.8 Å². The molecule has 0 bridgehead atoms. The van der Waals surface area contributed by atoms with E-state index in [9.17, 15) is 17.8 Å². The zero-order chi connectivity index (χ0) is 11.5. The van der Waals surface area contributed by atoms with Crippen LogP contribution >= 0.6 is 0 Å². The molecule has 82 valence electrons. The van der Waals surface area contributed by atoms with E-state index in [2.05, 4.69) is 0 Å². The predicted octanol–water partition coefficient (Wildman–Crippen LogP) is 3.23. The second kappa shape index (κ2) is 4.39. The molecule has 0 amide bonds. The van der Waals surface area contributed by atoms with Gasteiger partial charge < -0.3 is 0 Å². The number of rotatable bonds is 3. The summed E-state index contributed by atoms with van der Waals surface area (Å²) in [5.41, 5.74) is -1.34. The largest absolute Gasteiger partial charge is 0.287 e.